The maximum absolute atomic E-state index is 12.9. The van der Waals surface area contributed by atoms with E-state index in [0.29, 0.717) is 11.1 Å². The summed E-state index contributed by atoms with van der Waals surface area (Å²) in [4.78, 5) is 27.9. The highest BCUT2D eigenvalue weighted by atomic mass is 16.2. The third kappa shape index (κ3) is 6.05. The molecule has 0 unspecified atom stereocenters. The molecule has 1 aliphatic rings. The van der Waals surface area contributed by atoms with Crippen molar-refractivity contribution >= 4 is 39.8 Å². The largest absolute Gasteiger partial charge is 0.311 e. The lowest BCUT2D eigenvalue weighted by Gasteiger charge is -2.26. The molecular formula is C36H35NO2. The minimum atomic E-state index is -0.289. The molecule has 0 bridgehead atoms. The molecule has 0 aliphatic heterocycles. The first-order chi connectivity index (χ1) is 18.9. The summed E-state index contributed by atoms with van der Waals surface area (Å²) in [6, 6.07) is 20.4. The number of benzene rings is 3. The molecule has 196 valence electrons. The molecule has 3 aromatic rings. The molecule has 1 aliphatic carbocycles. The number of carbonyl (C=O) groups is 2. The highest BCUT2D eigenvalue weighted by Crippen LogP contribution is 2.34. The maximum Gasteiger partial charge on any atom is 0.197 e. The van der Waals surface area contributed by atoms with E-state index in [1.165, 1.54) is 11.6 Å². The predicted octanol–water partition coefficient (Wildman–Crippen LogP) is 9.16. The second kappa shape index (κ2) is 13.2. The lowest BCUT2D eigenvalue weighted by atomic mass is 10.0. The van der Waals surface area contributed by atoms with E-state index < -0.39 is 0 Å². The summed E-state index contributed by atoms with van der Waals surface area (Å²) in [5.74, 6) is -0.559. The van der Waals surface area contributed by atoms with Crippen molar-refractivity contribution in [2.45, 2.75) is 27.7 Å². The van der Waals surface area contributed by atoms with Crippen molar-refractivity contribution in [3.8, 4) is 0 Å². The number of nitrogens with zero attached hydrogens (tertiary/aromatic N) is 1. The van der Waals surface area contributed by atoms with Crippen LogP contribution in [-0.4, -0.2) is 11.6 Å². The highest BCUT2D eigenvalue weighted by molar-refractivity contribution is 6.41. The summed E-state index contributed by atoms with van der Waals surface area (Å²) >= 11 is 0. The minimum Gasteiger partial charge on any atom is -0.311 e. The van der Waals surface area contributed by atoms with Crippen LogP contribution in [0.25, 0.3) is 16.8 Å². The van der Waals surface area contributed by atoms with Gasteiger partial charge in [-0.05, 0) is 78.7 Å². The second-order valence-corrected chi connectivity index (χ2v) is 8.74. The van der Waals surface area contributed by atoms with Crippen molar-refractivity contribution in [2.75, 3.05) is 4.90 Å². The number of fused-ring (bicyclic) bond motifs is 1. The number of rotatable bonds is 8. The molecule has 39 heavy (non-hydrogen) atoms. The number of allylic oxidation sites excluding steroid dienone is 9. The number of carbonyl (C=O) groups excluding carboxylic acids is 2. The van der Waals surface area contributed by atoms with Crippen molar-refractivity contribution in [1.82, 2.24) is 0 Å². The third-order valence-electron chi connectivity index (χ3n) is 6.27. The number of aryl methyl sites for hydroxylation is 1. The van der Waals surface area contributed by atoms with E-state index in [-0.39, 0.29) is 17.1 Å². The van der Waals surface area contributed by atoms with Gasteiger partial charge in [0, 0.05) is 28.2 Å². The van der Waals surface area contributed by atoms with E-state index in [1.807, 2.05) is 63.3 Å². The SMILES string of the molecule is C=C/C=C(\C=C)N(c1ccc(C)cc1)c1ccc2cc(C=C3C(=O)C(C=C)=C(/C=C\C)C3=O)ccc2c1.CC. The van der Waals surface area contributed by atoms with E-state index in [4.69, 9.17) is 0 Å². The van der Waals surface area contributed by atoms with Gasteiger partial charge in [0.2, 0.25) is 0 Å². The molecule has 0 amide bonds. The van der Waals surface area contributed by atoms with Crippen molar-refractivity contribution in [1.29, 1.82) is 0 Å². The molecule has 0 atom stereocenters. The molecule has 0 spiro atoms. The summed E-state index contributed by atoms with van der Waals surface area (Å²) in [6.45, 7) is 19.4. The Labute approximate surface area is 232 Å². The van der Waals surface area contributed by atoms with Crippen LogP contribution in [0.1, 0.15) is 31.9 Å². The summed E-state index contributed by atoms with van der Waals surface area (Å²) in [7, 11) is 0. The Morgan fingerprint density at radius 1 is 0.795 bits per heavy atom. The van der Waals surface area contributed by atoms with Gasteiger partial charge in [0.25, 0.3) is 0 Å². The smallest absolute Gasteiger partial charge is 0.197 e. The second-order valence-electron chi connectivity index (χ2n) is 8.74. The van der Waals surface area contributed by atoms with E-state index >= 15 is 0 Å². The molecule has 3 aromatic carbocycles. The minimum absolute atomic E-state index is 0.162. The van der Waals surface area contributed by atoms with Crippen LogP contribution < -0.4 is 4.90 Å². The van der Waals surface area contributed by atoms with Gasteiger partial charge in [0.1, 0.15) is 0 Å². The zero-order valence-electron chi connectivity index (χ0n) is 23.2. The van der Waals surface area contributed by atoms with Crippen molar-refractivity contribution < 1.29 is 9.59 Å². The van der Waals surface area contributed by atoms with Gasteiger partial charge in [0.15, 0.2) is 11.6 Å². The lowest BCUT2D eigenvalue weighted by Crippen LogP contribution is -2.15. The van der Waals surface area contributed by atoms with Gasteiger partial charge in [-0.1, -0.05) is 93.8 Å². The van der Waals surface area contributed by atoms with Crippen molar-refractivity contribution in [3.63, 3.8) is 0 Å². The van der Waals surface area contributed by atoms with Gasteiger partial charge < -0.3 is 4.90 Å². The molecule has 0 saturated carbocycles. The van der Waals surface area contributed by atoms with Gasteiger partial charge >= 0.3 is 0 Å². The first-order valence-corrected chi connectivity index (χ1v) is 13.1. The van der Waals surface area contributed by atoms with Crippen LogP contribution in [0.3, 0.4) is 0 Å². The van der Waals surface area contributed by atoms with Crippen LogP contribution in [0, 0.1) is 6.92 Å². The molecule has 0 N–H and O–H groups in total. The van der Waals surface area contributed by atoms with Crippen molar-refractivity contribution in [2.24, 2.45) is 0 Å². The van der Waals surface area contributed by atoms with Gasteiger partial charge in [-0.15, -0.1) is 0 Å². The number of hydrogen-bond acceptors (Lipinski definition) is 3. The predicted molar refractivity (Wildman–Crippen MR) is 167 cm³/mol. The quantitative estimate of drug-likeness (QED) is 0.171. The molecule has 0 radical (unpaired) electrons. The normalized spacial score (nSPS) is 14.6. The molecule has 3 heteroatoms. The van der Waals surface area contributed by atoms with Gasteiger partial charge in [-0.2, -0.15) is 0 Å². The average Bonchev–Trinajstić information content (AvgIpc) is 3.18. The van der Waals surface area contributed by atoms with Crippen LogP contribution in [0.2, 0.25) is 0 Å². The first-order valence-electron chi connectivity index (χ1n) is 13.1. The maximum atomic E-state index is 12.9. The summed E-state index contributed by atoms with van der Waals surface area (Å²) < 4.78 is 0. The standard InChI is InChI=1S/C34H29NO2.C2H6/c1-6-10-27(8-3)35(28-17-12-23(5)13-18-28)29-19-16-25-20-24(14-15-26(25)22-29)21-32-33(36)30(9-4)31(11-7-2)34(32)37;1-2/h6-22H,1,3-4H2,2,5H3;1-2H3/b11-7-,27-10+,32-21?;. The highest BCUT2D eigenvalue weighted by Gasteiger charge is 2.32. The van der Waals surface area contributed by atoms with Crippen LogP contribution in [-0.2, 0) is 9.59 Å². The number of anilines is 2. The number of Topliss-reactive ketones (excluding diaryl/α,β-unsaturated/α-hetero) is 2. The Balaban J connectivity index is 0.00000205. The molecule has 0 saturated heterocycles. The Morgan fingerprint density at radius 2 is 1.41 bits per heavy atom. The Hall–Kier alpha value is -4.76. The first kappa shape index (κ1) is 28.8. The molecule has 3 nitrogen and oxygen atoms in total. The van der Waals surface area contributed by atoms with Gasteiger partial charge in [0.05, 0.1) is 5.57 Å². The summed E-state index contributed by atoms with van der Waals surface area (Å²) in [5.41, 5.74) is 5.77. The molecule has 0 aromatic heterocycles. The fourth-order valence-corrected chi connectivity index (χ4v) is 4.45. The van der Waals surface area contributed by atoms with Crippen LogP contribution >= 0.6 is 0 Å². The van der Waals surface area contributed by atoms with E-state index in [0.717, 1.165) is 33.4 Å². The third-order valence-corrected chi connectivity index (χ3v) is 6.27. The zero-order valence-corrected chi connectivity index (χ0v) is 23.2. The average molecular weight is 514 g/mol. The Kier molecular flexibility index (Phi) is 9.72. The van der Waals surface area contributed by atoms with Gasteiger partial charge in [-0.25, -0.2) is 0 Å². The zero-order chi connectivity index (χ0) is 28.5. The topological polar surface area (TPSA) is 37.4 Å². The van der Waals surface area contributed by atoms with Crippen molar-refractivity contribution in [3.05, 3.63) is 150 Å². The summed E-state index contributed by atoms with van der Waals surface area (Å²) in [6.07, 6.45) is 12.0. The van der Waals surface area contributed by atoms with Gasteiger partial charge in [-0.3, -0.25) is 9.59 Å². The summed E-state index contributed by atoms with van der Waals surface area (Å²) in [5, 5.41) is 2.03. The van der Waals surface area contributed by atoms with Crippen LogP contribution in [0.5, 0.6) is 0 Å². The van der Waals surface area contributed by atoms with E-state index in [1.54, 1.807) is 24.3 Å². The number of ketones is 2. The fourth-order valence-electron chi connectivity index (χ4n) is 4.45. The Morgan fingerprint density at radius 3 is 2.03 bits per heavy atom. The number of hydrogen-bond donors (Lipinski definition) is 0. The molecule has 4 rings (SSSR count). The monoisotopic (exact) mass is 513 g/mol. The molecular weight excluding hydrogens is 478 g/mol. The van der Waals surface area contributed by atoms with Crippen LogP contribution in [0.15, 0.2) is 139 Å². The molecule has 0 fully saturated rings. The lowest BCUT2D eigenvalue weighted by molar-refractivity contribution is -0.115. The van der Waals surface area contributed by atoms with Crippen LogP contribution in [0.4, 0.5) is 11.4 Å². The van der Waals surface area contributed by atoms with E-state index in [2.05, 4.69) is 61.9 Å². The Bertz CT molecular complexity index is 1560. The molecule has 0 heterocycles. The fraction of sp³-hybridized carbons (Fsp3) is 0.111. The van der Waals surface area contributed by atoms with E-state index in [9.17, 15) is 9.59 Å².